The number of carbonyl (C=O) groups excluding carboxylic acids is 1. The van der Waals surface area contributed by atoms with Gasteiger partial charge in [0.15, 0.2) is 0 Å². The molecule has 0 saturated carbocycles. The first-order valence-corrected chi connectivity index (χ1v) is 6.30. The van der Waals surface area contributed by atoms with Gasteiger partial charge in [0.2, 0.25) is 5.91 Å². The highest BCUT2D eigenvalue weighted by molar-refractivity contribution is 9.10. The first-order valence-electron chi connectivity index (χ1n) is 5.50. The molecule has 5 nitrogen and oxygen atoms in total. The Morgan fingerprint density at radius 3 is 2.76 bits per heavy atom. The Morgan fingerprint density at radius 1 is 1.53 bits per heavy atom. The number of aromatic nitrogens is 1. The average Bonchev–Trinajstić information content (AvgIpc) is 2.27. The van der Waals surface area contributed by atoms with E-state index in [2.05, 4.69) is 26.2 Å². The Balaban J connectivity index is 2.90. The third-order valence-electron chi connectivity index (χ3n) is 2.31. The van der Waals surface area contributed by atoms with Crippen molar-refractivity contribution in [1.29, 1.82) is 0 Å². The first-order chi connectivity index (χ1) is 8.10. The molecular formula is C11H17BrN4O. The number of hydrogen-bond acceptors (Lipinski definition) is 4. The van der Waals surface area contributed by atoms with Crippen molar-refractivity contribution in [3.8, 4) is 0 Å². The molecule has 3 N–H and O–H groups in total. The quantitative estimate of drug-likeness (QED) is 0.862. The molecule has 1 heterocycles. The summed E-state index contributed by atoms with van der Waals surface area (Å²) in [4.78, 5) is 17.5. The summed E-state index contributed by atoms with van der Waals surface area (Å²) < 4.78 is 0.795. The third-order valence-corrected chi connectivity index (χ3v) is 2.89. The maximum absolute atomic E-state index is 11.6. The summed E-state index contributed by atoms with van der Waals surface area (Å²) in [5.41, 5.74) is 7.26. The van der Waals surface area contributed by atoms with E-state index >= 15 is 0 Å². The second kappa shape index (κ2) is 6.44. The number of likely N-dealkylation sites (N-methyl/N-ethyl adjacent to an activating group) is 2. The number of nitrogen functional groups attached to an aromatic ring is 1. The van der Waals surface area contributed by atoms with Crippen molar-refractivity contribution in [2.45, 2.75) is 13.8 Å². The molecule has 0 aliphatic heterocycles. The highest BCUT2D eigenvalue weighted by Gasteiger charge is 2.15. The van der Waals surface area contributed by atoms with Gasteiger partial charge in [0.25, 0.3) is 0 Å². The number of anilines is 2. The number of nitrogens with two attached hydrogens (primary N) is 1. The van der Waals surface area contributed by atoms with Crippen molar-refractivity contribution in [3.05, 3.63) is 16.9 Å². The average molecular weight is 301 g/mol. The lowest BCUT2D eigenvalue weighted by Gasteiger charge is -2.24. The van der Waals surface area contributed by atoms with Crippen molar-refractivity contribution in [2.75, 3.05) is 30.3 Å². The maximum atomic E-state index is 11.6. The monoisotopic (exact) mass is 300 g/mol. The summed E-state index contributed by atoms with van der Waals surface area (Å²) in [5.74, 6) is -0.0162. The van der Waals surface area contributed by atoms with E-state index in [-0.39, 0.29) is 12.5 Å². The van der Waals surface area contributed by atoms with E-state index in [4.69, 9.17) is 5.73 Å². The van der Waals surface area contributed by atoms with Crippen LogP contribution in [0.4, 0.5) is 11.4 Å². The van der Waals surface area contributed by atoms with Crippen molar-refractivity contribution >= 4 is 33.2 Å². The lowest BCUT2D eigenvalue weighted by Crippen LogP contribution is -2.37. The van der Waals surface area contributed by atoms with Gasteiger partial charge in [-0.1, -0.05) is 0 Å². The zero-order chi connectivity index (χ0) is 12.8. The molecule has 0 radical (unpaired) electrons. The fraction of sp³-hybridized carbons (Fsp3) is 0.455. The first kappa shape index (κ1) is 13.8. The maximum Gasteiger partial charge on any atom is 0.239 e. The molecule has 0 aromatic carbocycles. The molecule has 0 fully saturated rings. The minimum atomic E-state index is -0.0162. The van der Waals surface area contributed by atoms with Crippen LogP contribution < -0.4 is 16.0 Å². The smallest absolute Gasteiger partial charge is 0.239 e. The highest BCUT2D eigenvalue weighted by atomic mass is 79.9. The second-order valence-corrected chi connectivity index (χ2v) is 4.38. The Morgan fingerprint density at radius 2 is 2.24 bits per heavy atom. The molecule has 1 aromatic rings. The van der Waals surface area contributed by atoms with Crippen LogP contribution in [-0.2, 0) is 4.79 Å². The van der Waals surface area contributed by atoms with Crippen molar-refractivity contribution in [3.63, 3.8) is 0 Å². The zero-order valence-corrected chi connectivity index (χ0v) is 11.6. The van der Waals surface area contributed by atoms with Crippen LogP contribution in [0.2, 0.25) is 0 Å². The van der Waals surface area contributed by atoms with E-state index < -0.39 is 0 Å². The van der Waals surface area contributed by atoms with Gasteiger partial charge in [-0.25, -0.2) is 0 Å². The predicted molar refractivity (Wildman–Crippen MR) is 72.9 cm³/mol. The summed E-state index contributed by atoms with van der Waals surface area (Å²) in [6, 6.07) is 0. The SMILES string of the molecule is CCNC(=O)CN(CC)c1c(N)cncc1Br. The number of carbonyl (C=O) groups is 1. The van der Waals surface area contributed by atoms with E-state index in [0.29, 0.717) is 18.8 Å². The van der Waals surface area contributed by atoms with Crippen LogP contribution in [0.1, 0.15) is 13.8 Å². The molecule has 0 aliphatic rings. The lowest BCUT2D eigenvalue weighted by atomic mass is 10.3. The Labute approximate surface area is 110 Å². The Hall–Kier alpha value is -1.30. The number of nitrogens with zero attached hydrogens (tertiary/aromatic N) is 2. The predicted octanol–water partition coefficient (Wildman–Crippen LogP) is 1.39. The summed E-state index contributed by atoms with van der Waals surface area (Å²) in [6.07, 6.45) is 3.26. The van der Waals surface area contributed by atoms with Crippen LogP contribution in [0.25, 0.3) is 0 Å². The van der Waals surface area contributed by atoms with Gasteiger partial charge in [0.05, 0.1) is 28.6 Å². The molecule has 94 valence electrons. The number of pyridine rings is 1. The van der Waals surface area contributed by atoms with Gasteiger partial charge >= 0.3 is 0 Å². The number of nitrogens with one attached hydrogen (secondary N) is 1. The molecule has 6 heteroatoms. The van der Waals surface area contributed by atoms with Gasteiger partial charge in [-0.05, 0) is 29.8 Å². The molecule has 0 saturated heterocycles. The van der Waals surface area contributed by atoms with Crippen LogP contribution in [0.5, 0.6) is 0 Å². The topological polar surface area (TPSA) is 71.2 Å². The van der Waals surface area contributed by atoms with Crippen LogP contribution in [-0.4, -0.2) is 30.5 Å². The standard InChI is InChI=1S/C11H17BrN4O/c1-3-15-10(17)7-16(4-2)11-8(12)5-14-6-9(11)13/h5-6H,3-4,7,13H2,1-2H3,(H,15,17). The fourth-order valence-corrected chi connectivity index (χ4v) is 2.15. The molecule has 0 bridgehead atoms. The fourth-order valence-electron chi connectivity index (χ4n) is 1.55. The molecule has 0 spiro atoms. The molecule has 1 amide bonds. The molecule has 1 rings (SSSR count). The largest absolute Gasteiger partial charge is 0.396 e. The normalized spacial score (nSPS) is 10.1. The molecular weight excluding hydrogens is 284 g/mol. The van der Waals surface area contributed by atoms with Gasteiger partial charge in [0.1, 0.15) is 0 Å². The van der Waals surface area contributed by atoms with Crippen LogP contribution >= 0.6 is 15.9 Å². The van der Waals surface area contributed by atoms with E-state index in [1.165, 1.54) is 0 Å². The number of rotatable bonds is 5. The van der Waals surface area contributed by atoms with Crippen LogP contribution in [0.3, 0.4) is 0 Å². The molecule has 1 aromatic heterocycles. The Bertz CT molecular complexity index is 377. The Kier molecular flexibility index (Phi) is 5.21. The van der Waals surface area contributed by atoms with Gasteiger partial charge in [-0.3, -0.25) is 9.78 Å². The summed E-state index contributed by atoms with van der Waals surface area (Å²) in [6.45, 7) is 5.49. The second-order valence-electron chi connectivity index (χ2n) is 3.53. The van der Waals surface area contributed by atoms with E-state index in [1.54, 1.807) is 12.4 Å². The van der Waals surface area contributed by atoms with Crippen LogP contribution in [0, 0.1) is 0 Å². The lowest BCUT2D eigenvalue weighted by molar-refractivity contribution is -0.119. The van der Waals surface area contributed by atoms with E-state index in [9.17, 15) is 4.79 Å². The number of amides is 1. The van der Waals surface area contributed by atoms with Gasteiger partial charge in [-0.2, -0.15) is 0 Å². The molecule has 0 unspecified atom stereocenters. The molecule has 0 aliphatic carbocycles. The summed E-state index contributed by atoms with van der Waals surface area (Å²) >= 11 is 3.40. The van der Waals surface area contributed by atoms with Crippen LogP contribution in [0.15, 0.2) is 16.9 Å². The highest BCUT2D eigenvalue weighted by Crippen LogP contribution is 2.30. The third kappa shape index (κ3) is 3.59. The number of halogens is 1. The summed E-state index contributed by atoms with van der Waals surface area (Å²) in [7, 11) is 0. The van der Waals surface area contributed by atoms with Gasteiger partial charge < -0.3 is 16.0 Å². The van der Waals surface area contributed by atoms with Crippen molar-refractivity contribution < 1.29 is 4.79 Å². The molecule has 17 heavy (non-hydrogen) atoms. The van der Waals surface area contributed by atoms with Gasteiger partial charge in [-0.15, -0.1) is 0 Å². The zero-order valence-electron chi connectivity index (χ0n) is 10.0. The minimum absolute atomic E-state index is 0.0162. The van der Waals surface area contributed by atoms with Crippen molar-refractivity contribution in [1.82, 2.24) is 10.3 Å². The minimum Gasteiger partial charge on any atom is -0.396 e. The number of hydrogen-bond donors (Lipinski definition) is 2. The van der Waals surface area contributed by atoms with Crippen molar-refractivity contribution in [2.24, 2.45) is 0 Å². The van der Waals surface area contributed by atoms with Gasteiger partial charge in [0, 0.05) is 19.3 Å². The molecule has 0 atom stereocenters. The van der Waals surface area contributed by atoms with E-state index in [1.807, 2.05) is 18.7 Å². The summed E-state index contributed by atoms with van der Waals surface area (Å²) in [5, 5.41) is 2.77. The van der Waals surface area contributed by atoms with E-state index in [0.717, 1.165) is 10.2 Å².